The fourth-order valence-electron chi connectivity index (χ4n) is 6.68. The Morgan fingerprint density at radius 2 is 1.62 bits per heavy atom. The van der Waals surface area contributed by atoms with Crippen molar-refractivity contribution in [3.63, 3.8) is 0 Å². The Labute approximate surface area is 257 Å². The highest BCUT2D eigenvalue weighted by Gasteiger charge is 2.60. The van der Waals surface area contributed by atoms with E-state index in [1.807, 2.05) is 39.5 Å². The smallest absolute Gasteiger partial charge is 0.410 e. The minimum Gasteiger partial charge on any atom is -0.455 e. The summed E-state index contributed by atoms with van der Waals surface area (Å²) in [6.07, 6.45) is 4.63. The molecule has 2 saturated heterocycles. The van der Waals surface area contributed by atoms with E-state index in [9.17, 15) is 14.4 Å². The number of hydrogen-bond donors (Lipinski definition) is 1. The van der Waals surface area contributed by atoms with Crippen molar-refractivity contribution >= 4 is 46.8 Å². The molecule has 1 spiro atoms. The third-order valence-electron chi connectivity index (χ3n) is 8.72. The lowest BCUT2D eigenvalue weighted by molar-refractivity contribution is -0.155. The molecule has 3 aliphatic rings. The first-order valence-electron chi connectivity index (χ1n) is 14.6. The molecular weight excluding hydrogens is 577 g/mol. The van der Waals surface area contributed by atoms with E-state index in [-0.39, 0.29) is 23.5 Å². The number of piperidine rings is 1. The van der Waals surface area contributed by atoms with Crippen molar-refractivity contribution in [1.29, 1.82) is 0 Å². The Bertz CT molecular complexity index is 1370. The van der Waals surface area contributed by atoms with Gasteiger partial charge in [-0.1, -0.05) is 29.6 Å². The molecular formula is C32H39Cl2N3O5. The molecule has 1 saturated carbocycles. The number of hydrogen-bond acceptors (Lipinski definition) is 5. The van der Waals surface area contributed by atoms with Crippen LogP contribution in [-0.4, -0.2) is 59.0 Å². The molecule has 3 fully saturated rings. The Morgan fingerprint density at radius 1 is 0.976 bits per heavy atom. The van der Waals surface area contributed by atoms with Gasteiger partial charge in [0.1, 0.15) is 11.4 Å². The van der Waals surface area contributed by atoms with Crippen LogP contribution in [0.5, 0.6) is 11.5 Å². The van der Waals surface area contributed by atoms with E-state index in [0.717, 1.165) is 43.4 Å². The predicted molar refractivity (Wildman–Crippen MR) is 163 cm³/mol. The summed E-state index contributed by atoms with van der Waals surface area (Å²) in [4.78, 5) is 42.8. The zero-order valence-electron chi connectivity index (χ0n) is 24.9. The Kier molecular flexibility index (Phi) is 8.42. The molecule has 1 aliphatic carbocycles. The number of benzene rings is 2. The molecule has 2 heterocycles. The SMILES string of the molecule is Cc1cc(Cl)cc(C)c1Oc1ccc(Cl)cc1NC(=O)C(=O)N1CCC(C2N(C(=O)OC(C)(C)C)CC23CCC3)CC1. The van der Waals surface area contributed by atoms with E-state index in [1.165, 1.54) is 6.42 Å². The highest BCUT2D eigenvalue weighted by atomic mass is 35.5. The first-order chi connectivity index (χ1) is 19.8. The fraction of sp³-hybridized carbons (Fsp3) is 0.531. The van der Waals surface area contributed by atoms with Gasteiger partial charge in [-0.25, -0.2) is 4.79 Å². The van der Waals surface area contributed by atoms with Gasteiger partial charge in [0.2, 0.25) is 0 Å². The second-order valence-corrected chi connectivity index (χ2v) is 13.8. The first-order valence-corrected chi connectivity index (χ1v) is 15.4. The van der Waals surface area contributed by atoms with Crippen molar-refractivity contribution in [3.05, 3.63) is 51.5 Å². The minimum atomic E-state index is -0.750. The summed E-state index contributed by atoms with van der Waals surface area (Å²) in [6.45, 7) is 11.1. The fourth-order valence-corrected chi connectivity index (χ4v) is 7.18. The van der Waals surface area contributed by atoms with Crippen LogP contribution >= 0.6 is 23.2 Å². The van der Waals surface area contributed by atoms with E-state index in [1.54, 1.807) is 35.2 Å². The second kappa shape index (κ2) is 11.6. The third kappa shape index (κ3) is 6.20. The lowest BCUT2D eigenvalue weighted by atomic mass is 9.54. The van der Waals surface area contributed by atoms with Crippen LogP contribution in [0.2, 0.25) is 10.0 Å². The van der Waals surface area contributed by atoms with Crippen LogP contribution in [-0.2, 0) is 14.3 Å². The summed E-state index contributed by atoms with van der Waals surface area (Å²) < 4.78 is 11.9. The molecule has 8 nitrogen and oxygen atoms in total. The topological polar surface area (TPSA) is 88.2 Å². The molecule has 3 amide bonds. The van der Waals surface area contributed by atoms with Crippen molar-refractivity contribution in [2.75, 3.05) is 25.0 Å². The Hall–Kier alpha value is -2.97. The number of carbonyl (C=O) groups is 3. The van der Waals surface area contributed by atoms with Gasteiger partial charge in [0.25, 0.3) is 0 Å². The summed E-state index contributed by atoms with van der Waals surface area (Å²) in [6, 6.07) is 8.61. The Balaban J connectivity index is 1.23. The van der Waals surface area contributed by atoms with Crippen molar-refractivity contribution in [2.45, 2.75) is 78.4 Å². The summed E-state index contributed by atoms with van der Waals surface area (Å²) in [5, 5.41) is 3.72. The van der Waals surface area contributed by atoms with Gasteiger partial charge in [0.15, 0.2) is 5.75 Å². The van der Waals surface area contributed by atoms with Gasteiger partial charge in [-0.3, -0.25) is 9.59 Å². The molecule has 0 radical (unpaired) electrons. The van der Waals surface area contributed by atoms with Crippen molar-refractivity contribution < 1.29 is 23.9 Å². The van der Waals surface area contributed by atoms with Gasteiger partial charge in [-0.05, 0) is 108 Å². The van der Waals surface area contributed by atoms with Crippen LogP contribution in [0, 0.1) is 25.2 Å². The average Bonchev–Trinajstić information content (AvgIpc) is 2.84. The second-order valence-electron chi connectivity index (χ2n) is 13.0. The molecule has 42 heavy (non-hydrogen) atoms. The van der Waals surface area contributed by atoms with Crippen LogP contribution in [0.15, 0.2) is 30.3 Å². The lowest BCUT2D eigenvalue weighted by Gasteiger charge is -2.64. The monoisotopic (exact) mass is 615 g/mol. The highest BCUT2D eigenvalue weighted by molar-refractivity contribution is 6.40. The molecule has 0 bridgehead atoms. The molecule has 10 heteroatoms. The van der Waals surface area contributed by atoms with Crippen molar-refractivity contribution in [1.82, 2.24) is 9.80 Å². The van der Waals surface area contributed by atoms with Gasteiger partial charge >= 0.3 is 17.9 Å². The normalized spacial score (nSPS) is 20.0. The van der Waals surface area contributed by atoms with E-state index in [4.69, 9.17) is 32.7 Å². The summed E-state index contributed by atoms with van der Waals surface area (Å²) >= 11 is 12.4. The van der Waals surface area contributed by atoms with Crippen molar-refractivity contribution in [2.24, 2.45) is 11.3 Å². The number of amides is 3. The number of likely N-dealkylation sites (tertiary alicyclic amines) is 2. The van der Waals surface area contributed by atoms with Crippen LogP contribution in [0.25, 0.3) is 0 Å². The zero-order chi connectivity index (χ0) is 30.4. The van der Waals surface area contributed by atoms with Gasteiger partial charge in [0.05, 0.1) is 5.69 Å². The van der Waals surface area contributed by atoms with Gasteiger partial charge in [0, 0.05) is 41.1 Å². The van der Waals surface area contributed by atoms with Crippen molar-refractivity contribution in [3.8, 4) is 11.5 Å². The maximum atomic E-state index is 13.2. The van der Waals surface area contributed by atoms with Crippen LogP contribution in [0.3, 0.4) is 0 Å². The first kappa shape index (κ1) is 30.5. The van der Waals surface area contributed by atoms with E-state index in [2.05, 4.69) is 5.32 Å². The maximum absolute atomic E-state index is 13.2. The van der Waals surface area contributed by atoms with E-state index in [0.29, 0.717) is 40.3 Å². The third-order valence-corrected chi connectivity index (χ3v) is 9.17. The number of rotatable bonds is 4. The molecule has 2 aromatic rings. The van der Waals surface area contributed by atoms with Crippen LogP contribution in [0.1, 0.15) is 64.0 Å². The predicted octanol–water partition coefficient (Wildman–Crippen LogP) is 7.37. The minimum absolute atomic E-state index is 0.123. The quantitative estimate of drug-likeness (QED) is 0.363. The number of ether oxygens (including phenoxy) is 2. The van der Waals surface area contributed by atoms with E-state index < -0.39 is 17.4 Å². The van der Waals surface area contributed by atoms with Crippen LogP contribution in [0.4, 0.5) is 10.5 Å². The Morgan fingerprint density at radius 3 is 2.19 bits per heavy atom. The molecule has 226 valence electrons. The average molecular weight is 617 g/mol. The summed E-state index contributed by atoms with van der Waals surface area (Å²) in [5.41, 5.74) is 1.61. The highest BCUT2D eigenvalue weighted by Crippen LogP contribution is 2.57. The number of halogens is 2. The van der Waals surface area contributed by atoms with Gasteiger partial charge in [-0.2, -0.15) is 0 Å². The standard InChI is InChI=1S/C32H39Cl2N3O5/c1-19-15-23(34)16-20(2)26(19)41-25-8-7-22(33)17-24(25)35-28(38)29(39)36-13-9-21(10-14-36)27-32(11-6-12-32)18-37(27)30(40)42-31(3,4)5/h7-8,15-17,21,27H,6,9-14,18H2,1-5H3,(H,35,38). The molecule has 0 aromatic heterocycles. The molecule has 5 rings (SSSR count). The van der Waals surface area contributed by atoms with E-state index >= 15 is 0 Å². The van der Waals surface area contributed by atoms with Gasteiger partial charge < -0.3 is 24.6 Å². The maximum Gasteiger partial charge on any atom is 0.410 e. The number of nitrogens with one attached hydrogen (secondary N) is 1. The van der Waals surface area contributed by atoms with Crippen LogP contribution < -0.4 is 10.1 Å². The lowest BCUT2D eigenvalue weighted by Crippen LogP contribution is -2.72. The van der Waals surface area contributed by atoms with Gasteiger partial charge in [-0.15, -0.1) is 0 Å². The number of anilines is 1. The molecule has 2 aliphatic heterocycles. The molecule has 1 unspecified atom stereocenters. The molecule has 1 atom stereocenters. The molecule has 2 aromatic carbocycles. The largest absolute Gasteiger partial charge is 0.455 e. The summed E-state index contributed by atoms with van der Waals surface area (Å²) in [7, 11) is 0. The number of nitrogens with zero attached hydrogens (tertiary/aromatic N) is 2. The number of carbonyl (C=O) groups excluding carboxylic acids is 3. The number of aryl methyl sites for hydroxylation is 2. The zero-order valence-corrected chi connectivity index (χ0v) is 26.4. The summed E-state index contributed by atoms with van der Waals surface area (Å²) in [5.74, 6) is -0.108. The molecule has 1 N–H and O–H groups in total.